The van der Waals surface area contributed by atoms with Crippen LogP contribution in [0.4, 0.5) is 15.8 Å². The molecule has 1 aromatic rings. The molecule has 1 atom stereocenters. The van der Waals surface area contributed by atoms with Gasteiger partial charge in [0.1, 0.15) is 18.0 Å². The summed E-state index contributed by atoms with van der Waals surface area (Å²) in [6.07, 6.45) is 1.14. The van der Waals surface area contributed by atoms with Crippen LogP contribution in [0.2, 0.25) is 0 Å². The summed E-state index contributed by atoms with van der Waals surface area (Å²) in [6.45, 7) is 1.82. The van der Waals surface area contributed by atoms with Gasteiger partial charge in [-0.05, 0) is 38.7 Å². The van der Waals surface area contributed by atoms with E-state index in [1.54, 1.807) is 19.1 Å². The number of nitro benzene ring substituents is 1. The largest absolute Gasteiger partial charge is 0.489 e. The molecule has 0 bridgehead atoms. The van der Waals surface area contributed by atoms with Crippen molar-refractivity contribution in [1.29, 1.82) is 0 Å². The summed E-state index contributed by atoms with van der Waals surface area (Å²) in [7, 11) is 0. The Morgan fingerprint density at radius 3 is 2.73 bits per heavy atom. The van der Waals surface area contributed by atoms with Crippen LogP contribution in [0, 0.1) is 10.1 Å². The van der Waals surface area contributed by atoms with Crippen molar-refractivity contribution >= 4 is 11.4 Å². The Kier molecular flexibility index (Phi) is 3.47. The monoisotopic (exact) mass is 310 g/mol. The Morgan fingerprint density at radius 1 is 1.41 bits per heavy atom. The Labute approximate surface area is 127 Å². The molecule has 22 heavy (non-hydrogen) atoms. The van der Waals surface area contributed by atoms with Crippen LogP contribution in [0.3, 0.4) is 0 Å². The van der Waals surface area contributed by atoms with E-state index in [0.717, 1.165) is 0 Å². The third-order valence-corrected chi connectivity index (χ3v) is 4.71. The lowest BCUT2D eigenvalue weighted by atomic mass is 9.74. The van der Waals surface area contributed by atoms with Crippen molar-refractivity contribution in [2.75, 3.05) is 11.9 Å². The lowest BCUT2D eigenvalue weighted by Crippen LogP contribution is -2.53. The first-order valence-electron chi connectivity index (χ1n) is 7.39. The molecule has 2 N–H and O–H groups in total. The number of halogens is 1. The summed E-state index contributed by atoms with van der Waals surface area (Å²) in [5, 5.41) is 24.0. The van der Waals surface area contributed by atoms with E-state index in [0.29, 0.717) is 18.6 Å². The van der Waals surface area contributed by atoms with Gasteiger partial charge in [0, 0.05) is 6.07 Å². The molecule has 120 valence electrons. The van der Waals surface area contributed by atoms with Gasteiger partial charge in [-0.25, -0.2) is 4.39 Å². The van der Waals surface area contributed by atoms with Gasteiger partial charge in [0.2, 0.25) is 0 Å². The van der Waals surface area contributed by atoms with Gasteiger partial charge in [-0.1, -0.05) is 6.07 Å². The maximum atomic E-state index is 15.2. The first-order chi connectivity index (χ1) is 10.3. The first-order valence-corrected chi connectivity index (χ1v) is 7.39. The number of ether oxygens (including phenoxy) is 1. The Morgan fingerprint density at radius 2 is 2.09 bits per heavy atom. The van der Waals surface area contributed by atoms with E-state index < -0.39 is 22.2 Å². The molecule has 0 spiro atoms. The zero-order valence-corrected chi connectivity index (χ0v) is 12.3. The molecule has 1 aliphatic heterocycles. The number of nitrogens with one attached hydrogen (secondary N) is 1. The van der Waals surface area contributed by atoms with E-state index >= 15 is 4.39 Å². The van der Waals surface area contributed by atoms with E-state index in [2.05, 4.69) is 5.32 Å². The fourth-order valence-electron chi connectivity index (χ4n) is 3.16. The molecular weight excluding hydrogens is 291 g/mol. The molecule has 0 radical (unpaired) electrons. The van der Waals surface area contributed by atoms with Crippen LogP contribution in [-0.2, 0) is 0 Å². The summed E-state index contributed by atoms with van der Waals surface area (Å²) in [5.41, 5.74) is -2.26. The number of hydrogen-bond donors (Lipinski definition) is 2. The zero-order valence-electron chi connectivity index (χ0n) is 12.3. The summed E-state index contributed by atoms with van der Waals surface area (Å²) >= 11 is 0. The highest BCUT2D eigenvalue weighted by Gasteiger charge is 2.47. The molecule has 6 nitrogen and oxygen atoms in total. The molecule has 1 saturated carbocycles. The standard InChI is InChI=1S/C15H19FN2O4/c1-14(19)5-7-15(16,8-6-14)12-9-22-11-4-2-3-10(18(20)21)13(11)17-12/h2-4,12,17,19H,5-9H2,1H3/t12-,14?,15?/m0/s1. The number of rotatable bonds is 2. The quantitative estimate of drug-likeness (QED) is 0.648. The maximum absolute atomic E-state index is 15.2. The van der Waals surface area contributed by atoms with Crippen LogP contribution < -0.4 is 10.1 Å². The van der Waals surface area contributed by atoms with E-state index in [-0.39, 0.29) is 30.8 Å². The molecule has 1 heterocycles. The minimum atomic E-state index is -1.54. The third kappa shape index (κ3) is 2.61. The molecule has 0 saturated heterocycles. The van der Waals surface area contributed by atoms with Crippen molar-refractivity contribution in [3.8, 4) is 5.75 Å². The number of fused-ring (bicyclic) bond motifs is 1. The Bertz CT molecular complexity index is 595. The number of aliphatic hydroxyl groups is 1. The molecule has 1 fully saturated rings. The smallest absolute Gasteiger partial charge is 0.296 e. The summed E-state index contributed by atoms with van der Waals surface area (Å²) < 4.78 is 20.7. The molecule has 0 amide bonds. The number of benzene rings is 1. The molecule has 0 unspecified atom stereocenters. The van der Waals surface area contributed by atoms with Crippen LogP contribution in [0.25, 0.3) is 0 Å². The lowest BCUT2D eigenvalue weighted by Gasteiger charge is -2.43. The number of para-hydroxylation sites is 1. The normalized spacial score (nSPS) is 34.2. The molecule has 0 aromatic heterocycles. The SMILES string of the molecule is CC1(O)CCC(F)([C@@H]2COc3cccc([N+](=O)[O-])c3N2)CC1. The fraction of sp³-hybridized carbons (Fsp3) is 0.600. The van der Waals surface area contributed by atoms with Crippen LogP contribution in [0.15, 0.2) is 18.2 Å². The second-order valence-corrected chi connectivity index (χ2v) is 6.45. The minimum Gasteiger partial charge on any atom is -0.489 e. The van der Waals surface area contributed by atoms with Gasteiger partial charge in [0.15, 0.2) is 5.69 Å². The summed E-state index contributed by atoms with van der Waals surface area (Å²) in [4.78, 5) is 10.6. The number of nitrogens with zero attached hydrogens (tertiary/aromatic N) is 1. The van der Waals surface area contributed by atoms with Crippen molar-refractivity contribution in [3.05, 3.63) is 28.3 Å². The molecule has 3 rings (SSSR count). The second-order valence-electron chi connectivity index (χ2n) is 6.45. The van der Waals surface area contributed by atoms with Gasteiger partial charge in [-0.2, -0.15) is 0 Å². The topological polar surface area (TPSA) is 84.6 Å². The third-order valence-electron chi connectivity index (χ3n) is 4.71. The first kappa shape index (κ1) is 15.0. The van der Waals surface area contributed by atoms with Crippen LogP contribution >= 0.6 is 0 Å². The van der Waals surface area contributed by atoms with Crippen LogP contribution in [0.1, 0.15) is 32.6 Å². The van der Waals surface area contributed by atoms with E-state index in [9.17, 15) is 15.2 Å². The highest BCUT2D eigenvalue weighted by molar-refractivity contribution is 5.71. The van der Waals surface area contributed by atoms with Crippen LogP contribution in [-0.4, -0.2) is 33.9 Å². The fourth-order valence-corrected chi connectivity index (χ4v) is 3.16. The number of anilines is 1. The molecular formula is C15H19FN2O4. The maximum Gasteiger partial charge on any atom is 0.296 e. The van der Waals surface area contributed by atoms with Crippen molar-refractivity contribution in [2.45, 2.75) is 49.9 Å². The van der Waals surface area contributed by atoms with Gasteiger partial charge in [-0.15, -0.1) is 0 Å². The van der Waals surface area contributed by atoms with Gasteiger partial charge in [0.25, 0.3) is 5.69 Å². The molecule has 1 aromatic carbocycles. The van der Waals surface area contributed by atoms with Crippen LogP contribution in [0.5, 0.6) is 5.75 Å². The predicted octanol–water partition coefficient (Wildman–Crippen LogP) is 2.80. The number of alkyl halides is 1. The number of hydrogen-bond acceptors (Lipinski definition) is 5. The summed E-state index contributed by atoms with van der Waals surface area (Å²) in [5.74, 6) is 0.372. The van der Waals surface area contributed by atoms with E-state index in [1.807, 2.05) is 0 Å². The van der Waals surface area contributed by atoms with Crippen molar-refractivity contribution in [3.63, 3.8) is 0 Å². The van der Waals surface area contributed by atoms with Crippen molar-refractivity contribution < 1.29 is 19.2 Å². The zero-order chi connectivity index (χ0) is 16.0. The molecule has 7 heteroatoms. The second kappa shape index (κ2) is 5.08. The minimum absolute atomic E-state index is 0.117. The summed E-state index contributed by atoms with van der Waals surface area (Å²) in [6, 6.07) is 3.88. The predicted molar refractivity (Wildman–Crippen MR) is 78.9 cm³/mol. The Balaban J connectivity index is 1.84. The number of nitro groups is 1. The highest BCUT2D eigenvalue weighted by atomic mass is 19.1. The van der Waals surface area contributed by atoms with Gasteiger partial charge >= 0.3 is 0 Å². The molecule has 1 aliphatic carbocycles. The molecule has 2 aliphatic rings. The van der Waals surface area contributed by atoms with Crippen molar-refractivity contribution in [2.24, 2.45) is 0 Å². The van der Waals surface area contributed by atoms with Crippen molar-refractivity contribution in [1.82, 2.24) is 0 Å². The van der Waals surface area contributed by atoms with Gasteiger partial charge < -0.3 is 15.2 Å². The Hall–Kier alpha value is -1.89. The average Bonchev–Trinajstić information content (AvgIpc) is 2.49. The van der Waals surface area contributed by atoms with Gasteiger partial charge in [0.05, 0.1) is 16.6 Å². The lowest BCUT2D eigenvalue weighted by molar-refractivity contribution is -0.384. The van der Waals surface area contributed by atoms with E-state index in [1.165, 1.54) is 6.07 Å². The highest BCUT2D eigenvalue weighted by Crippen LogP contribution is 2.44. The van der Waals surface area contributed by atoms with E-state index in [4.69, 9.17) is 4.74 Å². The average molecular weight is 310 g/mol. The van der Waals surface area contributed by atoms with Gasteiger partial charge in [-0.3, -0.25) is 10.1 Å².